The van der Waals surface area contributed by atoms with Crippen molar-refractivity contribution in [3.05, 3.63) is 35.4 Å². The van der Waals surface area contributed by atoms with Crippen LogP contribution in [0, 0.1) is 5.92 Å². The fraction of sp³-hybridized carbons (Fsp3) is 0.538. The van der Waals surface area contributed by atoms with Crippen LogP contribution in [0.5, 0.6) is 0 Å². The molecule has 2 rings (SSSR count). The van der Waals surface area contributed by atoms with E-state index in [9.17, 15) is 0 Å². The standard InChI is InChI=1S/C13H19N/c1-3-10-4-6-11(7-5-10)13(2)8-12(13)9-14/h4-7,12H,3,8-9,14H2,1-2H3. The van der Waals surface area contributed by atoms with Crippen molar-refractivity contribution in [3.63, 3.8) is 0 Å². The Hall–Kier alpha value is -0.820. The van der Waals surface area contributed by atoms with Crippen LogP contribution >= 0.6 is 0 Å². The van der Waals surface area contributed by atoms with Crippen molar-refractivity contribution in [1.82, 2.24) is 0 Å². The molecule has 1 aromatic carbocycles. The first kappa shape index (κ1) is 9.72. The molecule has 76 valence electrons. The molecular formula is C13H19N. The first-order chi connectivity index (χ1) is 6.70. The summed E-state index contributed by atoms with van der Waals surface area (Å²) in [5, 5.41) is 0. The lowest BCUT2D eigenvalue weighted by molar-refractivity contribution is 0.666. The van der Waals surface area contributed by atoms with Gasteiger partial charge in [0.2, 0.25) is 0 Å². The summed E-state index contributed by atoms with van der Waals surface area (Å²) in [6, 6.07) is 9.03. The third-order valence-corrected chi connectivity index (χ3v) is 3.72. The second-order valence-electron chi connectivity index (χ2n) is 4.60. The average Bonchev–Trinajstić information content (AvgIpc) is 2.91. The summed E-state index contributed by atoms with van der Waals surface area (Å²) in [7, 11) is 0. The Morgan fingerprint density at radius 3 is 2.43 bits per heavy atom. The Labute approximate surface area is 86.3 Å². The highest BCUT2D eigenvalue weighted by Crippen LogP contribution is 2.53. The maximum atomic E-state index is 5.70. The minimum atomic E-state index is 0.376. The lowest BCUT2D eigenvalue weighted by Gasteiger charge is -2.11. The number of rotatable bonds is 3. The SMILES string of the molecule is CCc1ccc(C2(C)CC2CN)cc1. The van der Waals surface area contributed by atoms with Gasteiger partial charge in [0.1, 0.15) is 0 Å². The van der Waals surface area contributed by atoms with Gasteiger partial charge in [-0.25, -0.2) is 0 Å². The molecule has 0 radical (unpaired) electrons. The van der Waals surface area contributed by atoms with E-state index in [4.69, 9.17) is 5.73 Å². The van der Waals surface area contributed by atoms with Gasteiger partial charge < -0.3 is 5.73 Å². The average molecular weight is 189 g/mol. The summed E-state index contributed by atoms with van der Waals surface area (Å²) in [6.45, 7) is 5.34. The second kappa shape index (κ2) is 3.39. The topological polar surface area (TPSA) is 26.0 Å². The minimum absolute atomic E-state index is 0.376. The Morgan fingerprint density at radius 2 is 2.00 bits per heavy atom. The van der Waals surface area contributed by atoms with E-state index < -0.39 is 0 Å². The molecule has 2 unspecified atom stereocenters. The Balaban J connectivity index is 2.18. The lowest BCUT2D eigenvalue weighted by atomic mass is 9.94. The van der Waals surface area contributed by atoms with Crippen LogP contribution in [0.3, 0.4) is 0 Å². The van der Waals surface area contributed by atoms with E-state index in [-0.39, 0.29) is 0 Å². The van der Waals surface area contributed by atoms with Crippen molar-refractivity contribution in [2.45, 2.75) is 32.1 Å². The Morgan fingerprint density at radius 1 is 1.36 bits per heavy atom. The summed E-state index contributed by atoms with van der Waals surface area (Å²) in [4.78, 5) is 0. The molecule has 1 aliphatic rings. The fourth-order valence-corrected chi connectivity index (χ4v) is 2.27. The molecule has 0 aromatic heterocycles. The third kappa shape index (κ3) is 1.46. The molecular weight excluding hydrogens is 170 g/mol. The van der Waals surface area contributed by atoms with E-state index in [1.165, 1.54) is 17.5 Å². The van der Waals surface area contributed by atoms with Crippen LogP contribution in [0.4, 0.5) is 0 Å². The molecule has 0 saturated heterocycles. The van der Waals surface area contributed by atoms with E-state index in [0.717, 1.165) is 13.0 Å². The van der Waals surface area contributed by atoms with Crippen molar-refractivity contribution in [2.24, 2.45) is 11.7 Å². The van der Waals surface area contributed by atoms with Gasteiger partial charge in [-0.15, -0.1) is 0 Å². The first-order valence-corrected chi connectivity index (χ1v) is 5.50. The van der Waals surface area contributed by atoms with Crippen molar-refractivity contribution in [3.8, 4) is 0 Å². The van der Waals surface area contributed by atoms with E-state index in [1.807, 2.05) is 0 Å². The molecule has 0 aliphatic heterocycles. The molecule has 0 bridgehead atoms. The Kier molecular flexibility index (Phi) is 2.36. The monoisotopic (exact) mass is 189 g/mol. The van der Waals surface area contributed by atoms with Gasteiger partial charge in [0.25, 0.3) is 0 Å². The molecule has 1 heteroatoms. The molecule has 1 saturated carbocycles. The van der Waals surface area contributed by atoms with Crippen molar-refractivity contribution < 1.29 is 0 Å². The number of nitrogens with two attached hydrogens (primary N) is 1. The van der Waals surface area contributed by atoms with Gasteiger partial charge in [-0.05, 0) is 41.8 Å². The van der Waals surface area contributed by atoms with Gasteiger partial charge in [-0.2, -0.15) is 0 Å². The second-order valence-corrected chi connectivity index (χ2v) is 4.60. The zero-order chi connectivity index (χ0) is 10.2. The maximum absolute atomic E-state index is 5.70. The summed E-state index contributed by atoms with van der Waals surface area (Å²) >= 11 is 0. The molecule has 1 fully saturated rings. The molecule has 2 N–H and O–H groups in total. The number of benzene rings is 1. The summed E-state index contributed by atoms with van der Waals surface area (Å²) in [5.74, 6) is 0.704. The fourth-order valence-electron chi connectivity index (χ4n) is 2.27. The Bertz CT molecular complexity index is 315. The smallest absolute Gasteiger partial charge is 0.00313 e. The van der Waals surface area contributed by atoms with Crippen LogP contribution < -0.4 is 5.73 Å². The number of hydrogen-bond donors (Lipinski definition) is 1. The summed E-state index contributed by atoms with van der Waals surface area (Å²) < 4.78 is 0. The molecule has 14 heavy (non-hydrogen) atoms. The van der Waals surface area contributed by atoms with Gasteiger partial charge in [0.05, 0.1) is 0 Å². The molecule has 1 nitrogen and oxygen atoms in total. The van der Waals surface area contributed by atoms with Crippen molar-refractivity contribution in [2.75, 3.05) is 6.54 Å². The van der Waals surface area contributed by atoms with Crippen LogP contribution in [0.25, 0.3) is 0 Å². The van der Waals surface area contributed by atoms with Crippen LogP contribution in [0.1, 0.15) is 31.4 Å². The quantitative estimate of drug-likeness (QED) is 0.776. The highest BCUT2D eigenvalue weighted by atomic mass is 14.7. The molecule has 2 atom stereocenters. The highest BCUT2D eigenvalue weighted by Gasteiger charge is 2.49. The summed E-state index contributed by atoms with van der Waals surface area (Å²) in [6.07, 6.45) is 2.38. The number of aryl methyl sites for hydroxylation is 1. The number of hydrogen-bond acceptors (Lipinski definition) is 1. The van der Waals surface area contributed by atoms with Gasteiger partial charge in [0, 0.05) is 0 Å². The van der Waals surface area contributed by atoms with Gasteiger partial charge in [0.15, 0.2) is 0 Å². The van der Waals surface area contributed by atoms with Crippen LogP contribution in [-0.2, 0) is 11.8 Å². The maximum Gasteiger partial charge on any atom is -0.00313 e. The zero-order valence-electron chi connectivity index (χ0n) is 9.09. The van der Waals surface area contributed by atoms with Crippen LogP contribution in [0.2, 0.25) is 0 Å². The predicted molar refractivity (Wildman–Crippen MR) is 60.3 cm³/mol. The van der Waals surface area contributed by atoms with E-state index in [0.29, 0.717) is 11.3 Å². The van der Waals surface area contributed by atoms with Crippen molar-refractivity contribution >= 4 is 0 Å². The van der Waals surface area contributed by atoms with Gasteiger partial charge >= 0.3 is 0 Å². The summed E-state index contributed by atoms with van der Waals surface area (Å²) in [5.41, 5.74) is 8.96. The van der Waals surface area contributed by atoms with E-state index in [2.05, 4.69) is 38.1 Å². The minimum Gasteiger partial charge on any atom is -0.330 e. The van der Waals surface area contributed by atoms with Crippen LogP contribution in [-0.4, -0.2) is 6.54 Å². The first-order valence-electron chi connectivity index (χ1n) is 5.50. The van der Waals surface area contributed by atoms with Gasteiger partial charge in [-0.1, -0.05) is 38.1 Å². The van der Waals surface area contributed by atoms with Crippen LogP contribution in [0.15, 0.2) is 24.3 Å². The molecule has 0 amide bonds. The van der Waals surface area contributed by atoms with Crippen molar-refractivity contribution in [1.29, 1.82) is 0 Å². The molecule has 0 spiro atoms. The zero-order valence-corrected chi connectivity index (χ0v) is 9.09. The predicted octanol–water partition coefficient (Wildman–Crippen LogP) is 2.49. The largest absolute Gasteiger partial charge is 0.330 e. The van der Waals surface area contributed by atoms with E-state index in [1.54, 1.807) is 0 Å². The lowest BCUT2D eigenvalue weighted by Crippen LogP contribution is -2.11. The highest BCUT2D eigenvalue weighted by molar-refractivity contribution is 5.34. The van der Waals surface area contributed by atoms with E-state index >= 15 is 0 Å². The third-order valence-electron chi connectivity index (χ3n) is 3.72. The van der Waals surface area contributed by atoms with Gasteiger partial charge in [-0.3, -0.25) is 0 Å². The molecule has 1 aliphatic carbocycles. The normalized spacial score (nSPS) is 30.4. The molecule has 0 heterocycles. The molecule has 1 aromatic rings.